The molecule has 0 aliphatic rings. The molecule has 0 saturated carbocycles. The fourth-order valence-corrected chi connectivity index (χ4v) is 3.14. The van der Waals surface area contributed by atoms with Gasteiger partial charge in [0.05, 0.1) is 13.2 Å². The second-order valence-electron chi connectivity index (χ2n) is 7.05. The van der Waals surface area contributed by atoms with Gasteiger partial charge in [-0.25, -0.2) is 4.98 Å². The number of methoxy groups -OCH3 is 1. The summed E-state index contributed by atoms with van der Waals surface area (Å²) in [5, 5.41) is 6.64. The normalized spacial score (nSPS) is 11.0. The number of aromatic nitrogens is 2. The third kappa shape index (κ3) is 8.51. The van der Waals surface area contributed by atoms with Gasteiger partial charge in [0.1, 0.15) is 11.6 Å². The fourth-order valence-electron chi connectivity index (χ4n) is 3.14. The number of guanidine groups is 1. The maximum Gasteiger partial charge on any atom is 0.195 e. The van der Waals surface area contributed by atoms with Crippen molar-refractivity contribution >= 4 is 35.6 Å². The molecule has 2 aromatic carbocycles. The average Bonchev–Trinajstić information content (AvgIpc) is 3.26. The molecule has 0 fully saturated rings. The van der Waals surface area contributed by atoms with E-state index in [2.05, 4.69) is 49.4 Å². The maximum atomic E-state index is 5.77. The number of hydrogen-bond acceptors (Lipinski definition) is 4. The van der Waals surface area contributed by atoms with Crippen LogP contribution in [0.2, 0.25) is 0 Å². The molecule has 32 heavy (non-hydrogen) atoms. The van der Waals surface area contributed by atoms with E-state index in [9.17, 15) is 0 Å². The van der Waals surface area contributed by atoms with Crippen molar-refractivity contribution in [2.24, 2.45) is 4.99 Å². The standard InChI is InChI=1S/C24H31N5O2.HI/c1-25-24(28-21-10-6-11-22(18-21)31-17-7-16-30-2)27-19-23-26-13-15-29(23)14-12-20-8-4-3-5-9-20;/h3-6,8-11,13,15,18H,7,12,14,16-17,19H2,1-2H3,(H2,25,27,28);1H. The van der Waals surface area contributed by atoms with E-state index in [1.807, 2.05) is 42.7 Å². The second-order valence-corrected chi connectivity index (χ2v) is 7.05. The minimum absolute atomic E-state index is 0. The summed E-state index contributed by atoms with van der Waals surface area (Å²) in [6.45, 7) is 2.77. The van der Waals surface area contributed by atoms with Crippen LogP contribution in [0.4, 0.5) is 5.69 Å². The predicted molar refractivity (Wildman–Crippen MR) is 140 cm³/mol. The topological polar surface area (TPSA) is 72.7 Å². The first kappa shape index (κ1) is 25.7. The van der Waals surface area contributed by atoms with E-state index in [-0.39, 0.29) is 24.0 Å². The number of ether oxygens (including phenoxy) is 2. The van der Waals surface area contributed by atoms with E-state index in [4.69, 9.17) is 9.47 Å². The summed E-state index contributed by atoms with van der Waals surface area (Å²) in [6.07, 6.45) is 5.67. The molecule has 3 rings (SSSR count). The van der Waals surface area contributed by atoms with E-state index in [1.54, 1.807) is 14.2 Å². The van der Waals surface area contributed by atoms with Crippen LogP contribution in [-0.2, 0) is 24.2 Å². The summed E-state index contributed by atoms with van der Waals surface area (Å²) < 4.78 is 13.0. The molecule has 0 aliphatic carbocycles. The largest absolute Gasteiger partial charge is 0.493 e. The van der Waals surface area contributed by atoms with Crippen LogP contribution in [0.25, 0.3) is 0 Å². The summed E-state index contributed by atoms with van der Waals surface area (Å²) in [6, 6.07) is 18.3. The molecule has 0 unspecified atom stereocenters. The van der Waals surface area contributed by atoms with Crippen LogP contribution in [0.1, 0.15) is 17.8 Å². The molecule has 1 heterocycles. The first-order chi connectivity index (χ1) is 15.3. The van der Waals surface area contributed by atoms with Crippen LogP contribution in [-0.4, -0.2) is 42.9 Å². The van der Waals surface area contributed by atoms with Gasteiger partial charge in [-0.1, -0.05) is 36.4 Å². The SMILES string of the molecule is CN=C(NCc1nccn1CCc1ccccc1)Nc1cccc(OCCCOC)c1.I. The van der Waals surface area contributed by atoms with Crippen molar-refractivity contribution in [1.82, 2.24) is 14.9 Å². The van der Waals surface area contributed by atoms with E-state index >= 15 is 0 Å². The number of hydrogen-bond donors (Lipinski definition) is 2. The highest BCUT2D eigenvalue weighted by atomic mass is 127. The molecule has 1 aromatic heterocycles. The molecule has 0 saturated heterocycles. The van der Waals surface area contributed by atoms with Gasteiger partial charge in [-0.3, -0.25) is 4.99 Å². The minimum Gasteiger partial charge on any atom is -0.493 e. The number of nitrogens with zero attached hydrogens (tertiary/aromatic N) is 3. The van der Waals surface area contributed by atoms with Gasteiger partial charge in [-0.05, 0) is 24.1 Å². The number of rotatable bonds is 11. The van der Waals surface area contributed by atoms with Crippen LogP contribution in [0, 0.1) is 0 Å². The zero-order chi connectivity index (χ0) is 21.7. The minimum atomic E-state index is 0. The van der Waals surface area contributed by atoms with E-state index in [0.717, 1.165) is 36.6 Å². The molecular weight excluding hydrogens is 517 g/mol. The van der Waals surface area contributed by atoms with Gasteiger partial charge in [0, 0.05) is 57.9 Å². The lowest BCUT2D eigenvalue weighted by atomic mass is 10.1. The molecule has 0 radical (unpaired) electrons. The Labute approximate surface area is 207 Å². The van der Waals surface area contributed by atoms with Gasteiger partial charge >= 0.3 is 0 Å². The molecule has 0 atom stereocenters. The van der Waals surface area contributed by atoms with Gasteiger partial charge in [0.15, 0.2) is 5.96 Å². The smallest absolute Gasteiger partial charge is 0.195 e. The second kappa shape index (κ2) is 14.5. The van der Waals surface area contributed by atoms with Crippen molar-refractivity contribution in [3.63, 3.8) is 0 Å². The fraction of sp³-hybridized carbons (Fsp3) is 0.333. The van der Waals surface area contributed by atoms with Crippen molar-refractivity contribution in [3.8, 4) is 5.75 Å². The summed E-state index contributed by atoms with van der Waals surface area (Å²) in [5.74, 6) is 2.45. The molecular formula is C24H32IN5O2. The molecule has 0 bridgehead atoms. The zero-order valence-electron chi connectivity index (χ0n) is 18.7. The van der Waals surface area contributed by atoms with E-state index in [1.165, 1.54) is 5.56 Å². The maximum absolute atomic E-state index is 5.77. The molecule has 172 valence electrons. The molecule has 3 aromatic rings. The third-order valence-electron chi connectivity index (χ3n) is 4.78. The Kier molecular flexibility index (Phi) is 11.6. The Bertz CT molecular complexity index is 946. The van der Waals surface area contributed by atoms with Crippen molar-refractivity contribution in [3.05, 3.63) is 78.4 Å². The molecule has 2 N–H and O–H groups in total. The Morgan fingerprint density at radius 3 is 2.72 bits per heavy atom. The first-order valence-electron chi connectivity index (χ1n) is 10.5. The summed E-state index contributed by atoms with van der Waals surface area (Å²) in [7, 11) is 3.45. The van der Waals surface area contributed by atoms with Gasteiger partial charge in [-0.2, -0.15) is 0 Å². The Balaban J connectivity index is 0.00000363. The number of aryl methyl sites for hydroxylation is 2. The van der Waals surface area contributed by atoms with Gasteiger partial charge < -0.3 is 24.7 Å². The van der Waals surface area contributed by atoms with E-state index < -0.39 is 0 Å². The Morgan fingerprint density at radius 2 is 1.94 bits per heavy atom. The lowest BCUT2D eigenvalue weighted by Gasteiger charge is -2.14. The number of aliphatic imine (C=N–C) groups is 1. The molecule has 0 spiro atoms. The third-order valence-corrected chi connectivity index (χ3v) is 4.78. The average molecular weight is 549 g/mol. The highest BCUT2D eigenvalue weighted by molar-refractivity contribution is 14.0. The summed E-state index contributed by atoms with van der Waals surface area (Å²) in [5.41, 5.74) is 2.22. The lowest BCUT2D eigenvalue weighted by molar-refractivity contribution is 0.172. The number of anilines is 1. The predicted octanol–water partition coefficient (Wildman–Crippen LogP) is 4.35. The molecule has 7 nitrogen and oxygen atoms in total. The van der Waals surface area contributed by atoms with Gasteiger partial charge in [0.2, 0.25) is 0 Å². The van der Waals surface area contributed by atoms with Crippen molar-refractivity contribution in [2.75, 3.05) is 32.7 Å². The molecule has 0 aliphatic heterocycles. The molecule has 0 amide bonds. The van der Waals surface area contributed by atoms with Crippen molar-refractivity contribution < 1.29 is 9.47 Å². The lowest BCUT2D eigenvalue weighted by Crippen LogP contribution is -2.31. The Morgan fingerprint density at radius 1 is 1.09 bits per heavy atom. The number of imidazole rings is 1. The summed E-state index contributed by atoms with van der Waals surface area (Å²) >= 11 is 0. The monoisotopic (exact) mass is 549 g/mol. The van der Waals surface area contributed by atoms with Crippen molar-refractivity contribution in [1.29, 1.82) is 0 Å². The first-order valence-corrected chi connectivity index (χ1v) is 10.5. The summed E-state index contributed by atoms with van der Waals surface area (Å²) in [4.78, 5) is 8.81. The van der Waals surface area contributed by atoms with E-state index in [0.29, 0.717) is 25.7 Å². The highest BCUT2D eigenvalue weighted by Crippen LogP contribution is 2.17. The van der Waals surface area contributed by atoms with Gasteiger partial charge in [0.25, 0.3) is 0 Å². The number of benzene rings is 2. The number of halogens is 1. The van der Waals surface area contributed by atoms with Crippen LogP contribution in [0.15, 0.2) is 72.0 Å². The van der Waals surface area contributed by atoms with Gasteiger partial charge in [-0.15, -0.1) is 24.0 Å². The quantitative estimate of drug-likeness (QED) is 0.161. The zero-order valence-corrected chi connectivity index (χ0v) is 21.0. The van der Waals surface area contributed by atoms with Crippen LogP contribution in [0.3, 0.4) is 0 Å². The van der Waals surface area contributed by atoms with Crippen LogP contribution < -0.4 is 15.4 Å². The van der Waals surface area contributed by atoms with Crippen LogP contribution in [0.5, 0.6) is 5.75 Å². The Hall–Kier alpha value is -2.59. The molecule has 8 heteroatoms. The highest BCUT2D eigenvalue weighted by Gasteiger charge is 2.06. The van der Waals surface area contributed by atoms with Crippen LogP contribution >= 0.6 is 24.0 Å². The van der Waals surface area contributed by atoms with Crippen molar-refractivity contribution in [2.45, 2.75) is 25.9 Å². The number of nitrogens with one attached hydrogen (secondary N) is 2.